The Bertz CT molecular complexity index is 1230. The SMILES string of the molecule is O=C([C@H]1CCCN1C(=O)CCc1nc2ccccc2[nH]1)N1CCN(Cc2ccc3c(c2)OCO3)CC1. The van der Waals surface area contributed by atoms with Crippen molar-refractivity contribution in [2.75, 3.05) is 39.5 Å². The first-order valence-corrected chi connectivity index (χ1v) is 12.8. The minimum absolute atomic E-state index is 0.0350. The number of aromatic nitrogens is 2. The molecule has 2 aromatic carbocycles. The summed E-state index contributed by atoms with van der Waals surface area (Å²) in [5.41, 5.74) is 3.06. The van der Waals surface area contributed by atoms with Crippen LogP contribution in [-0.4, -0.2) is 82.0 Å². The second-order valence-electron chi connectivity index (χ2n) is 9.73. The fraction of sp³-hybridized carbons (Fsp3) is 0.444. The molecule has 2 saturated heterocycles. The highest BCUT2D eigenvalue weighted by atomic mass is 16.7. The summed E-state index contributed by atoms with van der Waals surface area (Å²) in [4.78, 5) is 40.4. The van der Waals surface area contributed by atoms with Gasteiger partial charge >= 0.3 is 0 Å². The second kappa shape index (κ2) is 9.81. The minimum atomic E-state index is -0.339. The van der Waals surface area contributed by atoms with E-state index in [1.165, 1.54) is 5.56 Å². The van der Waals surface area contributed by atoms with Crippen molar-refractivity contribution in [1.29, 1.82) is 0 Å². The number of hydrogen-bond acceptors (Lipinski definition) is 6. The highest BCUT2D eigenvalue weighted by molar-refractivity contribution is 5.88. The van der Waals surface area contributed by atoms with Crippen LogP contribution in [-0.2, 0) is 22.6 Å². The molecule has 2 amide bonds. The summed E-state index contributed by atoms with van der Waals surface area (Å²) in [5.74, 6) is 2.53. The van der Waals surface area contributed by atoms with E-state index in [9.17, 15) is 9.59 Å². The molecule has 3 aromatic rings. The number of amides is 2. The van der Waals surface area contributed by atoms with E-state index in [2.05, 4.69) is 20.9 Å². The Morgan fingerprint density at radius 3 is 2.69 bits per heavy atom. The summed E-state index contributed by atoms with van der Waals surface area (Å²) in [5, 5.41) is 0. The fourth-order valence-corrected chi connectivity index (χ4v) is 5.45. The van der Waals surface area contributed by atoms with Crippen molar-refractivity contribution >= 4 is 22.8 Å². The third-order valence-electron chi connectivity index (χ3n) is 7.40. The summed E-state index contributed by atoms with van der Waals surface area (Å²) < 4.78 is 10.9. The maximum atomic E-state index is 13.4. The lowest BCUT2D eigenvalue weighted by atomic mass is 10.1. The molecule has 2 fully saturated rings. The first kappa shape index (κ1) is 22.8. The van der Waals surface area contributed by atoms with Gasteiger partial charge in [0.05, 0.1) is 11.0 Å². The largest absolute Gasteiger partial charge is 0.454 e. The van der Waals surface area contributed by atoms with Gasteiger partial charge in [0.15, 0.2) is 11.5 Å². The fourth-order valence-electron chi connectivity index (χ4n) is 5.45. The Balaban J connectivity index is 1.01. The van der Waals surface area contributed by atoms with Crippen molar-refractivity contribution in [2.24, 2.45) is 0 Å². The smallest absolute Gasteiger partial charge is 0.245 e. The van der Waals surface area contributed by atoms with E-state index < -0.39 is 0 Å². The number of benzene rings is 2. The molecule has 0 aliphatic carbocycles. The number of aryl methyl sites for hydroxylation is 1. The number of rotatable bonds is 6. The zero-order chi connectivity index (χ0) is 24.5. The number of H-pyrrole nitrogens is 1. The first-order chi connectivity index (χ1) is 17.6. The summed E-state index contributed by atoms with van der Waals surface area (Å²) in [6, 6.07) is 13.6. The molecule has 3 aliphatic heterocycles. The molecular formula is C27H31N5O4. The van der Waals surface area contributed by atoms with Crippen molar-refractivity contribution in [1.82, 2.24) is 24.7 Å². The summed E-state index contributed by atoms with van der Waals surface area (Å²) in [6.07, 6.45) is 2.51. The monoisotopic (exact) mass is 489 g/mol. The number of fused-ring (bicyclic) bond motifs is 2. The van der Waals surface area contributed by atoms with E-state index in [0.29, 0.717) is 32.5 Å². The van der Waals surface area contributed by atoms with Crippen LogP contribution in [0.15, 0.2) is 42.5 Å². The van der Waals surface area contributed by atoms with Gasteiger partial charge in [-0.05, 0) is 42.7 Å². The lowest BCUT2D eigenvalue weighted by molar-refractivity contribution is -0.145. The lowest BCUT2D eigenvalue weighted by Gasteiger charge is -2.37. The van der Waals surface area contributed by atoms with Crippen LogP contribution in [0.4, 0.5) is 0 Å². The molecule has 0 radical (unpaired) electrons. The van der Waals surface area contributed by atoms with Crippen molar-refractivity contribution < 1.29 is 19.1 Å². The van der Waals surface area contributed by atoms with Gasteiger partial charge in [-0.15, -0.1) is 0 Å². The Labute approximate surface area is 210 Å². The predicted octanol–water partition coefficient (Wildman–Crippen LogP) is 2.56. The van der Waals surface area contributed by atoms with E-state index in [-0.39, 0.29) is 24.6 Å². The van der Waals surface area contributed by atoms with E-state index in [1.54, 1.807) is 4.90 Å². The average Bonchev–Trinajstić information content (AvgIpc) is 3.66. The molecule has 6 rings (SSSR count). The van der Waals surface area contributed by atoms with Crippen LogP contribution in [0, 0.1) is 0 Å². The molecule has 9 heteroatoms. The van der Waals surface area contributed by atoms with Gasteiger partial charge in [0.1, 0.15) is 11.9 Å². The van der Waals surface area contributed by atoms with Crippen molar-refractivity contribution in [2.45, 2.75) is 38.3 Å². The highest BCUT2D eigenvalue weighted by Crippen LogP contribution is 2.33. The normalized spacial score (nSPS) is 19.8. The van der Waals surface area contributed by atoms with Crippen LogP contribution in [0.3, 0.4) is 0 Å². The van der Waals surface area contributed by atoms with Gasteiger partial charge in [0, 0.05) is 52.1 Å². The summed E-state index contributed by atoms with van der Waals surface area (Å²) >= 11 is 0. The van der Waals surface area contributed by atoms with Gasteiger partial charge in [0.25, 0.3) is 0 Å². The molecule has 4 heterocycles. The summed E-state index contributed by atoms with van der Waals surface area (Å²) in [7, 11) is 0. The molecule has 9 nitrogen and oxygen atoms in total. The molecule has 0 unspecified atom stereocenters. The zero-order valence-electron chi connectivity index (χ0n) is 20.3. The zero-order valence-corrected chi connectivity index (χ0v) is 20.3. The Morgan fingerprint density at radius 1 is 1.00 bits per heavy atom. The lowest BCUT2D eigenvalue weighted by Crippen LogP contribution is -2.54. The number of nitrogens with zero attached hydrogens (tertiary/aromatic N) is 4. The first-order valence-electron chi connectivity index (χ1n) is 12.8. The number of imidazole rings is 1. The van der Waals surface area contributed by atoms with E-state index in [0.717, 1.165) is 60.8 Å². The van der Waals surface area contributed by atoms with Crippen LogP contribution in [0.2, 0.25) is 0 Å². The van der Waals surface area contributed by atoms with Gasteiger partial charge in [-0.3, -0.25) is 14.5 Å². The standard InChI is InChI=1S/C27H31N5O4/c33-26(10-9-25-28-20-4-1-2-5-21(20)29-25)32-11-3-6-22(32)27(34)31-14-12-30(13-15-31)17-19-7-8-23-24(16-19)36-18-35-23/h1-2,4-5,7-8,16,22H,3,6,9-15,17-18H2,(H,28,29)/t22-/m1/s1. The molecule has 188 valence electrons. The number of para-hydroxylation sites is 2. The van der Waals surface area contributed by atoms with Crippen molar-refractivity contribution in [3.8, 4) is 11.5 Å². The van der Waals surface area contributed by atoms with Crippen LogP contribution in [0.25, 0.3) is 11.0 Å². The molecule has 36 heavy (non-hydrogen) atoms. The van der Waals surface area contributed by atoms with E-state index in [4.69, 9.17) is 9.47 Å². The maximum absolute atomic E-state index is 13.4. The van der Waals surface area contributed by atoms with E-state index >= 15 is 0 Å². The molecule has 3 aliphatic rings. The Hall–Kier alpha value is -3.59. The van der Waals surface area contributed by atoms with Gasteiger partial charge in [-0.25, -0.2) is 4.98 Å². The Morgan fingerprint density at radius 2 is 1.83 bits per heavy atom. The number of ether oxygens (including phenoxy) is 2. The predicted molar refractivity (Wildman–Crippen MR) is 134 cm³/mol. The Kier molecular flexibility index (Phi) is 6.23. The molecule has 0 spiro atoms. The number of carbonyl (C=O) groups excluding carboxylic acids is 2. The van der Waals surface area contributed by atoms with Crippen LogP contribution in [0.1, 0.15) is 30.7 Å². The van der Waals surface area contributed by atoms with Gasteiger partial charge in [-0.2, -0.15) is 0 Å². The number of hydrogen-bond donors (Lipinski definition) is 1. The number of aromatic amines is 1. The topological polar surface area (TPSA) is 91.0 Å². The highest BCUT2D eigenvalue weighted by Gasteiger charge is 2.37. The van der Waals surface area contributed by atoms with Gasteiger partial charge in [-0.1, -0.05) is 18.2 Å². The van der Waals surface area contributed by atoms with Crippen LogP contribution < -0.4 is 9.47 Å². The van der Waals surface area contributed by atoms with Crippen LogP contribution >= 0.6 is 0 Å². The number of piperazine rings is 1. The van der Waals surface area contributed by atoms with Gasteiger partial charge < -0.3 is 24.3 Å². The quantitative estimate of drug-likeness (QED) is 0.572. The molecular weight excluding hydrogens is 458 g/mol. The number of likely N-dealkylation sites (tertiary alicyclic amines) is 1. The summed E-state index contributed by atoms with van der Waals surface area (Å²) in [6.45, 7) is 4.73. The molecule has 0 saturated carbocycles. The van der Waals surface area contributed by atoms with Crippen LogP contribution in [0.5, 0.6) is 11.5 Å². The molecule has 1 N–H and O–H groups in total. The molecule has 0 bridgehead atoms. The van der Waals surface area contributed by atoms with Crippen molar-refractivity contribution in [3.63, 3.8) is 0 Å². The third-order valence-corrected chi connectivity index (χ3v) is 7.40. The second-order valence-corrected chi connectivity index (χ2v) is 9.73. The third kappa shape index (κ3) is 4.63. The average molecular weight is 490 g/mol. The molecule has 1 aromatic heterocycles. The number of nitrogens with one attached hydrogen (secondary N) is 1. The van der Waals surface area contributed by atoms with Crippen molar-refractivity contribution in [3.05, 3.63) is 53.9 Å². The minimum Gasteiger partial charge on any atom is -0.454 e. The van der Waals surface area contributed by atoms with Gasteiger partial charge in [0.2, 0.25) is 18.6 Å². The maximum Gasteiger partial charge on any atom is 0.245 e. The van der Waals surface area contributed by atoms with E-state index in [1.807, 2.05) is 41.3 Å². The molecule has 1 atom stereocenters. The number of carbonyl (C=O) groups is 2.